The molecule has 2 unspecified atom stereocenters. The number of rotatable bonds is 57. The number of hydrogen-bond donors (Lipinski definition) is 3. The molecule has 0 aromatic carbocycles. The highest BCUT2D eigenvalue weighted by Crippen LogP contribution is 2.45. The largest absolute Gasteiger partial charge is 0.472 e. The summed E-state index contributed by atoms with van der Waals surface area (Å²) in [6, 6.07) is 0. The zero-order valence-electron chi connectivity index (χ0n) is 50.1. The molecule has 0 spiro atoms. The van der Waals surface area contributed by atoms with E-state index < -0.39 is 97.5 Å². The molecule has 0 aliphatic carbocycles. The summed E-state index contributed by atoms with van der Waals surface area (Å²) in [7, 11) is -9.87. The lowest BCUT2D eigenvalue weighted by Gasteiger charge is -2.21. The van der Waals surface area contributed by atoms with Crippen molar-refractivity contribution < 1.29 is 80.2 Å². The maximum Gasteiger partial charge on any atom is 0.472 e. The fraction of sp³-hybridized carbons (Fsp3) is 0.932. The number of unbranched alkanes of at least 4 members (excludes halogenated alkanes) is 25. The van der Waals surface area contributed by atoms with Crippen LogP contribution >= 0.6 is 15.6 Å². The zero-order chi connectivity index (χ0) is 58.1. The van der Waals surface area contributed by atoms with Crippen LogP contribution in [0.3, 0.4) is 0 Å². The molecular formula is C59H114O17P2. The van der Waals surface area contributed by atoms with Crippen LogP contribution in [0.25, 0.3) is 0 Å². The molecular weight excluding hydrogens is 1040 g/mol. The number of aliphatic hydroxyl groups is 1. The smallest absolute Gasteiger partial charge is 0.462 e. The Kier molecular flexibility index (Phi) is 49.5. The zero-order valence-corrected chi connectivity index (χ0v) is 51.9. The van der Waals surface area contributed by atoms with Gasteiger partial charge in [0, 0.05) is 25.7 Å². The molecule has 0 aliphatic rings. The van der Waals surface area contributed by atoms with E-state index in [1.54, 1.807) is 0 Å². The van der Waals surface area contributed by atoms with Crippen LogP contribution in [-0.4, -0.2) is 96.7 Å². The Morgan fingerprint density at radius 1 is 0.346 bits per heavy atom. The van der Waals surface area contributed by atoms with Crippen molar-refractivity contribution in [3.8, 4) is 0 Å². The number of phosphoric ester groups is 2. The predicted molar refractivity (Wildman–Crippen MR) is 308 cm³/mol. The molecule has 0 saturated heterocycles. The fourth-order valence-electron chi connectivity index (χ4n) is 8.60. The van der Waals surface area contributed by atoms with Crippen molar-refractivity contribution in [1.82, 2.24) is 0 Å². The third kappa shape index (κ3) is 53.4. The Morgan fingerprint density at radius 2 is 0.590 bits per heavy atom. The molecule has 0 heterocycles. The van der Waals surface area contributed by atoms with Crippen molar-refractivity contribution in [3.63, 3.8) is 0 Å². The summed E-state index contributed by atoms with van der Waals surface area (Å²) in [6.45, 7) is 11.5. The third-order valence-corrected chi connectivity index (χ3v) is 15.3. The van der Waals surface area contributed by atoms with Gasteiger partial charge in [0.05, 0.1) is 26.4 Å². The molecule has 0 rings (SSSR count). The molecule has 0 aromatic rings. The first kappa shape index (κ1) is 76.1. The van der Waals surface area contributed by atoms with Crippen LogP contribution in [0.15, 0.2) is 0 Å². The Morgan fingerprint density at radius 3 is 0.872 bits per heavy atom. The topological polar surface area (TPSA) is 237 Å². The van der Waals surface area contributed by atoms with Gasteiger partial charge < -0.3 is 33.8 Å². The first-order chi connectivity index (χ1) is 37.2. The summed E-state index contributed by atoms with van der Waals surface area (Å²) >= 11 is 0. The predicted octanol–water partition coefficient (Wildman–Crippen LogP) is 15.6. The van der Waals surface area contributed by atoms with Gasteiger partial charge in [0.15, 0.2) is 12.2 Å². The minimum atomic E-state index is -4.94. The second-order valence-electron chi connectivity index (χ2n) is 22.8. The summed E-state index contributed by atoms with van der Waals surface area (Å²) < 4.78 is 67.5. The number of ether oxygens (including phenoxy) is 4. The molecule has 0 amide bonds. The Hall–Kier alpha value is -1.94. The quantitative estimate of drug-likeness (QED) is 0.0222. The number of phosphoric acid groups is 2. The van der Waals surface area contributed by atoms with Gasteiger partial charge in [0.2, 0.25) is 0 Å². The highest BCUT2D eigenvalue weighted by molar-refractivity contribution is 7.47. The van der Waals surface area contributed by atoms with Crippen molar-refractivity contribution in [2.24, 2.45) is 17.8 Å². The summed E-state index contributed by atoms with van der Waals surface area (Å²) in [5, 5.41) is 10.5. The monoisotopic (exact) mass is 1160 g/mol. The molecule has 462 valence electrons. The second kappa shape index (κ2) is 50.8. The van der Waals surface area contributed by atoms with E-state index in [9.17, 15) is 43.2 Å². The molecule has 17 nitrogen and oxygen atoms in total. The second-order valence-corrected chi connectivity index (χ2v) is 25.7. The molecule has 0 bridgehead atoms. The number of carbonyl (C=O) groups is 4. The van der Waals surface area contributed by atoms with Crippen LogP contribution in [0, 0.1) is 17.8 Å². The standard InChI is InChI=1S/C59H114O17P2/c1-8-9-10-23-33-40-56(61)69-46-54(76-59(64)43-36-29-22-20-26-32-39-52(6)7)48-73-77(65,66)71-44-53(60)45-72-78(67,68)74-49-55(47-70-57(62)41-34-27-21-19-25-31-38-51(4)5)75-58(63)42-35-28-18-16-14-12-11-13-15-17-24-30-37-50(2)3/h50-55,60H,8-49H2,1-7H3,(H,65,66)(H,67,68)/t53-,54+,55+/m0/s1. The average molecular weight is 1160 g/mol. The van der Waals surface area contributed by atoms with Crippen molar-refractivity contribution in [2.75, 3.05) is 39.6 Å². The maximum absolute atomic E-state index is 12.9. The van der Waals surface area contributed by atoms with Crippen LogP contribution in [0.5, 0.6) is 0 Å². The van der Waals surface area contributed by atoms with E-state index in [1.807, 2.05) is 0 Å². The Balaban J connectivity index is 5.16. The minimum absolute atomic E-state index is 0.101. The van der Waals surface area contributed by atoms with E-state index in [1.165, 1.54) is 77.0 Å². The van der Waals surface area contributed by atoms with Gasteiger partial charge in [-0.3, -0.25) is 37.3 Å². The molecule has 5 atom stereocenters. The van der Waals surface area contributed by atoms with E-state index in [-0.39, 0.29) is 25.7 Å². The van der Waals surface area contributed by atoms with Crippen molar-refractivity contribution in [2.45, 2.75) is 298 Å². The van der Waals surface area contributed by atoms with Gasteiger partial charge in [-0.25, -0.2) is 9.13 Å². The molecule has 0 aromatic heterocycles. The first-order valence-corrected chi connectivity index (χ1v) is 33.8. The lowest BCUT2D eigenvalue weighted by Crippen LogP contribution is -2.30. The fourth-order valence-corrected chi connectivity index (χ4v) is 10.2. The number of aliphatic hydroxyl groups excluding tert-OH is 1. The van der Waals surface area contributed by atoms with Crippen LogP contribution < -0.4 is 0 Å². The maximum atomic E-state index is 12.9. The normalized spacial score (nSPS) is 14.5. The van der Waals surface area contributed by atoms with Gasteiger partial charge in [-0.05, 0) is 43.4 Å². The first-order valence-electron chi connectivity index (χ1n) is 30.8. The van der Waals surface area contributed by atoms with Gasteiger partial charge in [-0.15, -0.1) is 0 Å². The van der Waals surface area contributed by atoms with Crippen LogP contribution in [0.2, 0.25) is 0 Å². The van der Waals surface area contributed by atoms with E-state index in [2.05, 4.69) is 48.5 Å². The SMILES string of the molecule is CCCCCCCC(=O)OC[C@H](COP(=O)(O)OC[C@H](O)COP(=O)(O)OC[C@@H](COC(=O)CCCCCCCCC(C)C)OC(=O)CCCCCCCCCCCCCCC(C)C)OC(=O)CCCCCCCCC(C)C. The molecule has 0 aliphatic heterocycles. The van der Waals surface area contributed by atoms with Crippen LogP contribution in [-0.2, 0) is 65.4 Å². The summed E-state index contributed by atoms with van der Waals surface area (Å²) in [6.07, 6.45) is 30.0. The van der Waals surface area contributed by atoms with Crippen molar-refractivity contribution >= 4 is 39.5 Å². The van der Waals surface area contributed by atoms with Gasteiger partial charge in [-0.1, -0.05) is 228 Å². The molecule has 3 N–H and O–H groups in total. The van der Waals surface area contributed by atoms with E-state index >= 15 is 0 Å². The van der Waals surface area contributed by atoms with Crippen molar-refractivity contribution in [3.05, 3.63) is 0 Å². The Bertz CT molecular complexity index is 1560. The molecule has 78 heavy (non-hydrogen) atoms. The number of esters is 4. The van der Waals surface area contributed by atoms with E-state index in [0.29, 0.717) is 37.5 Å². The minimum Gasteiger partial charge on any atom is -0.462 e. The van der Waals surface area contributed by atoms with Crippen LogP contribution in [0.1, 0.15) is 280 Å². The highest BCUT2D eigenvalue weighted by atomic mass is 31.2. The van der Waals surface area contributed by atoms with Gasteiger partial charge in [0.25, 0.3) is 0 Å². The molecule has 0 saturated carbocycles. The number of hydrogen-bond acceptors (Lipinski definition) is 15. The highest BCUT2D eigenvalue weighted by Gasteiger charge is 2.30. The average Bonchev–Trinajstić information content (AvgIpc) is 3.38. The lowest BCUT2D eigenvalue weighted by molar-refractivity contribution is -0.161. The summed E-state index contributed by atoms with van der Waals surface area (Å²) in [4.78, 5) is 71.6. The van der Waals surface area contributed by atoms with Gasteiger partial charge in [-0.2, -0.15) is 0 Å². The van der Waals surface area contributed by atoms with Crippen molar-refractivity contribution in [1.29, 1.82) is 0 Å². The number of carbonyl (C=O) groups excluding carboxylic acids is 4. The molecule has 0 fully saturated rings. The van der Waals surface area contributed by atoms with Gasteiger partial charge >= 0.3 is 39.5 Å². The third-order valence-electron chi connectivity index (χ3n) is 13.4. The summed E-state index contributed by atoms with van der Waals surface area (Å²) in [5.74, 6) is -0.0332. The van der Waals surface area contributed by atoms with Crippen LogP contribution in [0.4, 0.5) is 0 Å². The Labute approximate surface area is 473 Å². The van der Waals surface area contributed by atoms with E-state index in [4.69, 9.17) is 37.0 Å². The molecule has 19 heteroatoms. The summed E-state index contributed by atoms with van der Waals surface area (Å²) in [5.41, 5.74) is 0. The lowest BCUT2D eigenvalue weighted by atomic mass is 10.0. The van der Waals surface area contributed by atoms with Gasteiger partial charge in [0.1, 0.15) is 19.3 Å². The van der Waals surface area contributed by atoms with E-state index in [0.717, 1.165) is 109 Å². The molecule has 0 radical (unpaired) electrons.